The van der Waals surface area contributed by atoms with E-state index in [9.17, 15) is 0 Å². The Labute approximate surface area is 81.9 Å². The summed E-state index contributed by atoms with van der Waals surface area (Å²) in [6.07, 6.45) is 0. The van der Waals surface area contributed by atoms with E-state index in [0.717, 1.165) is 0 Å². The van der Waals surface area contributed by atoms with Crippen molar-refractivity contribution in [3.8, 4) is 0 Å². The molecule has 0 fully saturated rings. The molecule has 0 rings (SSSR count). The molecule has 16 valence electrons. The second-order valence-corrected chi connectivity index (χ2v) is 0. The minimum atomic E-state index is 0. The van der Waals surface area contributed by atoms with E-state index in [1.54, 1.807) is 0 Å². The largest absolute Gasteiger partial charge is 4.00 e. The Hall–Kier alpha value is 2.35. The Morgan fingerprint density at radius 3 is 0.750 bits per heavy atom. The van der Waals surface area contributed by atoms with E-state index < -0.39 is 0 Å². The van der Waals surface area contributed by atoms with Crippen molar-refractivity contribution in [2.24, 2.45) is 0 Å². The van der Waals surface area contributed by atoms with E-state index >= 15 is 0 Å². The molecule has 0 amide bonds. The molecule has 0 bridgehead atoms. The number of rotatable bonds is 0. The summed E-state index contributed by atoms with van der Waals surface area (Å²) < 4.78 is 0. The maximum absolute atomic E-state index is 0. The zero-order valence-corrected chi connectivity index (χ0v) is 8.84. The van der Waals surface area contributed by atoms with Gasteiger partial charge in [0.2, 0.25) is 0 Å². The van der Waals surface area contributed by atoms with Crippen molar-refractivity contribution in [3.05, 3.63) is 0 Å². The van der Waals surface area contributed by atoms with E-state index in [4.69, 9.17) is 0 Å². The van der Waals surface area contributed by atoms with Gasteiger partial charge < -0.3 is 11.0 Å². The third-order valence-electron chi connectivity index (χ3n) is 0. The molecule has 0 unspecified atom stereocenters. The van der Waals surface area contributed by atoms with Gasteiger partial charge in [0.1, 0.15) is 0 Å². The predicted molar refractivity (Wildman–Crippen MR) is 1.37 cm³/mol. The summed E-state index contributed by atoms with van der Waals surface area (Å²) in [6.45, 7) is 0. The molecule has 0 heterocycles. The molecule has 0 aromatic heterocycles. The van der Waals surface area contributed by atoms with Crippen molar-refractivity contribution >= 4 is 0 Å². The molecular formula is O2ThY+3. The van der Waals surface area contributed by atoms with Gasteiger partial charge in [0.05, 0.1) is 0 Å². The monoisotopic (exact) mass is 353 g/mol. The normalized spacial score (nSPS) is 0. The zero-order chi connectivity index (χ0) is 0. The third kappa shape index (κ3) is 8.84. The Morgan fingerprint density at radius 1 is 0.750 bits per heavy atom. The van der Waals surface area contributed by atoms with Crippen LogP contribution in [0.5, 0.6) is 0 Å². The van der Waals surface area contributed by atoms with Gasteiger partial charge in [-0.3, -0.25) is 0 Å². The molecule has 0 radical (unpaired) electrons. The van der Waals surface area contributed by atoms with Crippen LogP contribution >= 0.6 is 0 Å². The van der Waals surface area contributed by atoms with Crippen LogP contribution < -0.4 is 0 Å². The van der Waals surface area contributed by atoms with E-state index in [2.05, 4.69) is 0 Å². The summed E-state index contributed by atoms with van der Waals surface area (Å²) >= 11 is 0. The first-order valence-corrected chi connectivity index (χ1v) is 0. The van der Waals surface area contributed by atoms with Gasteiger partial charge in [-0.05, 0) is 0 Å². The molecule has 0 aliphatic carbocycles. The summed E-state index contributed by atoms with van der Waals surface area (Å²) in [6, 6.07) is 0. The van der Waals surface area contributed by atoms with E-state index in [0.29, 0.717) is 0 Å². The standard InChI is InChI=1S/2O.Th.Y/q2*-2;+4;+3. The van der Waals surface area contributed by atoms with Gasteiger partial charge in [-0.2, -0.15) is 0 Å². The van der Waals surface area contributed by atoms with Crippen LogP contribution in [0.1, 0.15) is 0 Å². The first-order valence-electron chi connectivity index (χ1n) is 0. The molecule has 0 aliphatic heterocycles. The molecular weight excluding hydrogens is 353 g/mol. The van der Waals surface area contributed by atoms with Crippen LogP contribution in [-0.2, 0) is 43.7 Å². The molecule has 0 aromatic carbocycles. The van der Waals surface area contributed by atoms with E-state index in [-0.39, 0.29) is 83.6 Å². The fourth-order valence-electron chi connectivity index (χ4n) is 0. The van der Waals surface area contributed by atoms with Gasteiger partial charge in [0.15, 0.2) is 0 Å². The van der Waals surface area contributed by atoms with Crippen LogP contribution in [0.2, 0.25) is 0 Å². The molecule has 0 atom stereocenters. The Bertz CT molecular complexity index is 6.00. The van der Waals surface area contributed by atoms with E-state index in [1.807, 2.05) is 0 Å². The summed E-state index contributed by atoms with van der Waals surface area (Å²) in [5, 5.41) is 0. The second-order valence-electron chi connectivity index (χ2n) is 0. The van der Waals surface area contributed by atoms with Gasteiger partial charge in [-0.1, -0.05) is 0 Å². The van der Waals surface area contributed by atoms with E-state index in [1.165, 1.54) is 0 Å². The van der Waals surface area contributed by atoms with Crippen molar-refractivity contribution in [2.45, 2.75) is 0 Å². The number of hydrogen-bond donors (Lipinski definition) is 0. The SMILES string of the molecule is [O-2].[O-2].[Th+4].[Y+3]. The third-order valence-corrected chi connectivity index (χ3v) is 0. The van der Waals surface area contributed by atoms with Gasteiger partial charge in [0, 0.05) is 0 Å². The van der Waals surface area contributed by atoms with Gasteiger partial charge in [0.25, 0.3) is 0 Å². The minimum Gasteiger partial charge on any atom is -2.00 e. The molecule has 4 heteroatoms. The molecule has 0 saturated heterocycles. The Kier molecular flexibility index (Phi) is 151. The van der Waals surface area contributed by atoms with Gasteiger partial charge in [-0.15, -0.1) is 0 Å². The fourth-order valence-corrected chi connectivity index (χ4v) is 0. The van der Waals surface area contributed by atoms with Crippen LogP contribution in [-0.4, -0.2) is 0 Å². The van der Waals surface area contributed by atoms with Crippen molar-refractivity contribution < 1.29 is 83.6 Å². The van der Waals surface area contributed by atoms with Crippen molar-refractivity contribution in [2.75, 3.05) is 0 Å². The molecule has 2 nitrogen and oxygen atoms in total. The molecule has 0 spiro atoms. The van der Waals surface area contributed by atoms with Gasteiger partial charge >= 0.3 is 72.6 Å². The molecule has 0 N–H and O–H groups in total. The maximum atomic E-state index is 0. The van der Waals surface area contributed by atoms with Crippen LogP contribution in [0.4, 0.5) is 0 Å². The van der Waals surface area contributed by atoms with Crippen LogP contribution in [0.25, 0.3) is 0 Å². The summed E-state index contributed by atoms with van der Waals surface area (Å²) in [5.41, 5.74) is 0. The molecule has 4 heavy (non-hydrogen) atoms. The molecule has 0 saturated carbocycles. The Morgan fingerprint density at radius 2 is 0.750 bits per heavy atom. The predicted octanol–water partition coefficient (Wildman–Crippen LogP) is -0.240. The topological polar surface area (TPSA) is 57.0 Å². The average molecular weight is 353 g/mol. The first-order chi connectivity index (χ1) is 0. The second kappa shape index (κ2) is 18.3. The fraction of sp³-hybridized carbons (Fsp3) is 0. The van der Waals surface area contributed by atoms with Crippen molar-refractivity contribution in [3.63, 3.8) is 0 Å². The molecule has 0 aromatic rings. The average Bonchev–Trinajstić information content (AvgIpc) is 0. The first kappa shape index (κ1) is 32.9. The van der Waals surface area contributed by atoms with Crippen molar-refractivity contribution in [1.82, 2.24) is 0 Å². The summed E-state index contributed by atoms with van der Waals surface area (Å²) in [4.78, 5) is 0. The van der Waals surface area contributed by atoms with Crippen LogP contribution in [0.3, 0.4) is 0 Å². The zero-order valence-electron chi connectivity index (χ0n) is 1.89. The summed E-state index contributed by atoms with van der Waals surface area (Å²) in [7, 11) is 0. The Balaban J connectivity index is 0. The van der Waals surface area contributed by atoms with Crippen molar-refractivity contribution in [1.29, 1.82) is 0 Å². The maximum Gasteiger partial charge on any atom is 4.00 e. The minimum absolute atomic E-state index is 0. The van der Waals surface area contributed by atoms with Crippen LogP contribution in [0, 0.1) is 39.9 Å². The van der Waals surface area contributed by atoms with Gasteiger partial charge in [-0.25, -0.2) is 0 Å². The number of hydrogen-bond acceptors (Lipinski definition) is 0. The smallest absolute Gasteiger partial charge is 2.00 e. The quantitative estimate of drug-likeness (QED) is 0.578. The molecule has 0 aliphatic rings. The van der Waals surface area contributed by atoms with Crippen LogP contribution in [0.15, 0.2) is 0 Å². The summed E-state index contributed by atoms with van der Waals surface area (Å²) in [5.74, 6) is 0.